The predicted octanol–water partition coefficient (Wildman–Crippen LogP) is 1.52. The summed E-state index contributed by atoms with van der Waals surface area (Å²) in [4.78, 5) is 2.58. The van der Waals surface area contributed by atoms with E-state index in [1.165, 1.54) is 19.3 Å². The summed E-state index contributed by atoms with van der Waals surface area (Å²) in [6.45, 7) is 6.34. The van der Waals surface area contributed by atoms with Crippen LogP contribution in [-0.2, 0) is 9.47 Å². The van der Waals surface area contributed by atoms with Gasteiger partial charge in [-0.3, -0.25) is 4.90 Å². The quantitative estimate of drug-likeness (QED) is 0.694. The first kappa shape index (κ1) is 11.4. The zero-order valence-corrected chi connectivity index (χ0v) is 9.95. The van der Waals surface area contributed by atoms with Gasteiger partial charge in [0.05, 0.1) is 19.3 Å². The van der Waals surface area contributed by atoms with E-state index in [4.69, 9.17) is 9.47 Å². The lowest BCUT2D eigenvalue weighted by Crippen LogP contribution is -2.48. The van der Waals surface area contributed by atoms with E-state index < -0.39 is 0 Å². The third-order valence-corrected chi connectivity index (χ3v) is 3.96. The molecule has 0 aromatic rings. The van der Waals surface area contributed by atoms with Gasteiger partial charge in [-0.1, -0.05) is 6.92 Å². The van der Waals surface area contributed by atoms with Crippen molar-refractivity contribution in [2.75, 3.05) is 33.4 Å². The van der Waals surface area contributed by atoms with Crippen LogP contribution >= 0.6 is 0 Å². The van der Waals surface area contributed by atoms with Crippen LogP contribution in [0, 0.1) is 5.92 Å². The van der Waals surface area contributed by atoms with Gasteiger partial charge in [0.2, 0.25) is 0 Å². The van der Waals surface area contributed by atoms with E-state index in [2.05, 4.69) is 11.8 Å². The first-order valence-corrected chi connectivity index (χ1v) is 6.16. The SMILES string of the molecule is COC1CC(N2CCOCC2)CCC1C. The molecule has 1 saturated carbocycles. The van der Waals surface area contributed by atoms with Gasteiger partial charge in [-0.05, 0) is 25.2 Å². The molecule has 0 N–H and O–H groups in total. The molecule has 3 nitrogen and oxygen atoms in total. The Balaban J connectivity index is 1.87. The molecule has 0 spiro atoms. The molecule has 15 heavy (non-hydrogen) atoms. The Morgan fingerprint density at radius 2 is 1.93 bits per heavy atom. The van der Waals surface area contributed by atoms with Gasteiger partial charge in [0.15, 0.2) is 0 Å². The van der Waals surface area contributed by atoms with Crippen LogP contribution in [0.5, 0.6) is 0 Å². The van der Waals surface area contributed by atoms with Crippen molar-refractivity contribution in [3.05, 3.63) is 0 Å². The molecule has 2 fully saturated rings. The number of hydrogen-bond donors (Lipinski definition) is 0. The summed E-state index contributed by atoms with van der Waals surface area (Å²) in [6.07, 6.45) is 4.31. The average molecular weight is 213 g/mol. The molecule has 2 rings (SSSR count). The predicted molar refractivity (Wildman–Crippen MR) is 60.0 cm³/mol. The number of rotatable bonds is 2. The molecule has 88 valence electrons. The normalized spacial score (nSPS) is 39.2. The van der Waals surface area contributed by atoms with Crippen molar-refractivity contribution in [3.63, 3.8) is 0 Å². The fourth-order valence-electron chi connectivity index (χ4n) is 2.86. The van der Waals surface area contributed by atoms with Crippen LogP contribution < -0.4 is 0 Å². The number of nitrogens with zero attached hydrogens (tertiary/aromatic N) is 1. The molecule has 1 saturated heterocycles. The third kappa shape index (κ3) is 2.71. The maximum atomic E-state index is 5.57. The Morgan fingerprint density at radius 1 is 1.20 bits per heavy atom. The van der Waals surface area contributed by atoms with Crippen molar-refractivity contribution in [2.45, 2.75) is 38.3 Å². The van der Waals surface area contributed by atoms with Crippen LogP contribution in [0.15, 0.2) is 0 Å². The van der Waals surface area contributed by atoms with E-state index in [1.54, 1.807) is 0 Å². The van der Waals surface area contributed by atoms with E-state index in [0.717, 1.165) is 38.3 Å². The molecule has 3 atom stereocenters. The monoisotopic (exact) mass is 213 g/mol. The summed E-state index contributed by atoms with van der Waals surface area (Å²) < 4.78 is 11.0. The first-order chi connectivity index (χ1) is 7.31. The summed E-state index contributed by atoms with van der Waals surface area (Å²) in [5.41, 5.74) is 0. The molecular formula is C12H23NO2. The summed E-state index contributed by atoms with van der Waals surface area (Å²) in [5.74, 6) is 0.729. The van der Waals surface area contributed by atoms with Crippen molar-refractivity contribution in [1.82, 2.24) is 4.90 Å². The minimum Gasteiger partial charge on any atom is -0.381 e. The molecule has 1 aliphatic carbocycles. The number of morpholine rings is 1. The molecule has 1 heterocycles. The van der Waals surface area contributed by atoms with E-state index >= 15 is 0 Å². The van der Waals surface area contributed by atoms with E-state index in [-0.39, 0.29) is 0 Å². The number of hydrogen-bond acceptors (Lipinski definition) is 3. The lowest BCUT2D eigenvalue weighted by atomic mass is 9.84. The largest absolute Gasteiger partial charge is 0.381 e. The van der Waals surface area contributed by atoms with Crippen LogP contribution in [0.3, 0.4) is 0 Å². The topological polar surface area (TPSA) is 21.7 Å². The van der Waals surface area contributed by atoms with Crippen LogP contribution in [0.2, 0.25) is 0 Å². The highest BCUT2D eigenvalue weighted by Crippen LogP contribution is 2.29. The molecule has 2 aliphatic rings. The maximum absolute atomic E-state index is 5.57. The summed E-state index contributed by atoms with van der Waals surface area (Å²) >= 11 is 0. The molecule has 0 aromatic carbocycles. The number of ether oxygens (including phenoxy) is 2. The maximum Gasteiger partial charge on any atom is 0.0611 e. The van der Waals surface area contributed by atoms with E-state index in [9.17, 15) is 0 Å². The first-order valence-electron chi connectivity index (χ1n) is 6.16. The average Bonchev–Trinajstić information content (AvgIpc) is 2.31. The second-order valence-corrected chi connectivity index (χ2v) is 4.87. The summed E-state index contributed by atoms with van der Waals surface area (Å²) in [7, 11) is 1.85. The van der Waals surface area contributed by atoms with Gasteiger partial charge in [-0.15, -0.1) is 0 Å². The lowest BCUT2D eigenvalue weighted by molar-refractivity contribution is -0.0362. The summed E-state index contributed by atoms with van der Waals surface area (Å²) in [5, 5.41) is 0. The van der Waals surface area contributed by atoms with Gasteiger partial charge in [0, 0.05) is 26.2 Å². The minimum absolute atomic E-state index is 0.464. The summed E-state index contributed by atoms with van der Waals surface area (Å²) in [6, 6.07) is 0.732. The van der Waals surface area contributed by atoms with Crippen LogP contribution in [0.1, 0.15) is 26.2 Å². The highest BCUT2D eigenvalue weighted by molar-refractivity contribution is 4.85. The Morgan fingerprint density at radius 3 is 2.60 bits per heavy atom. The highest BCUT2D eigenvalue weighted by Gasteiger charge is 2.31. The fraction of sp³-hybridized carbons (Fsp3) is 1.00. The minimum atomic E-state index is 0.464. The highest BCUT2D eigenvalue weighted by atomic mass is 16.5. The van der Waals surface area contributed by atoms with Gasteiger partial charge in [-0.25, -0.2) is 0 Å². The van der Waals surface area contributed by atoms with Gasteiger partial charge in [-0.2, -0.15) is 0 Å². The standard InChI is InChI=1S/C12H23NO2/c1-10-3-4-11(9-12(10)14-2)13-5-7-15-8-6-13/h10-12H,3-9H2,1-2H3. The van der Waals surface area contributed by atoms with E-state index in [1.807, 2.05) is 7.11 Å². The van der Waals surface area contributed by atoms with Crippen molar-refractivity contribution < 1.29 is 9.47 Å². The number of methoxy groups -OCH3 is 1. The van der Waals surface area contributed by atoms with Gasteiger partial charge in [0.1, 0.15) is 0 Å². The molecule has 0 aromatic heterocycles. The van der Waals surface area contributed by atoms with Crippen LogP contribution in [0.25, 0.3) is 0 Å². The molecule has 0 amide bonds. The Labute approximate surface area is 92.7 Å². The second-order valence-electron chi connectivity index (χ2n) is 4.87. The molecule has 1 aliphatic heterocycles. The molecule has 3 heteroatoms. The molecule has 3 unspecified atom stereocenters. The van der Waals surface area contributed by atoms with E-state index in [0.29, 0.717) is 6.10 Å². The molecule has 0 bridgehead atoms. The molecule has 0 radical (unpaired) electrons. The lowest BCUT2D eigenvalue weighted by Gasteiger charge is -2.41. The van der Waals surface area contributed by atoms with Gasteiger partial charge < -0.3 is 9.47 Å². The Hall–Kier alpha value is -0.120. The van der Waals surface area contributed by atoms with Crippen molar-refractivity contribution >= 4 is 0 Å². The third-order valence-electron chi connectivity index (χ3n) is 3.96. The second kappa shape index (κ2) is 5.28. The van der Waals surface area contributed by atoms with Crippen LogP contribution in [0.4, 0.5) is 0 Å². The Kier molecular flexibility index (Phi) is 4.00. The van der Waals surface area contributed by atoms with Crippen molar-refractivity contribution in [1.29, 1.82) is 0 Å². The fourth-order valence-corrected chi connectivity index (χ4v) is 2.86. The van der Waals surface area contributed by atoms with Crippen molar-refractivity contribution in [2.24, 2.45) is 5.92 Å². The van der Waals surface area contributed by atoms with Crippen LogP contribution in [-0.4, -0.2) is 50.5 Å². The zero-order chi connectivity index (χ0) is 10.7. The van der Waals surface area contributed by atoms with Gasteiger partial charge >= 0.3 is 0 Å². The smallest absolute Gasteiger partial charge is 0.0611 e. The zero-order valence-electron chi connectivity index (χ0n) is 9.95. The van der Waals surface area contributed by atoms with Crippen molar-refractivity contribution in [3.8, 4) is 0 Å². The Bertz CT molecular complexity index is 192. The van der Waals surface area contributed by atoms with Gasteiger partial charge in [0.25, 0.3) is 0 Å². The molecular weight excluding hydrogens is 190 g/mol.